The van der Waals surface area contributed by atoms with E-state index in [2.05, 4.69) is 21.7 Å². The number of hydrogen-bond donors (Lipinski definition) is 2. The van der Waals surface area contributed by atoms with Gasteiger partial charge in [0.05, 0.1) is 12.3 Å². The Morgan fingerprint density at radius 2 is 2.15 bits per heavy atom. The summed E-state index contributed by atoms with van der Waals surface area (Å²) in [6, 6.07) is 8.37. The highest BCUT2D eigenvalue weighted by atomic mass is 35.5. The third-order valence-corrected chi connectivity index (χ3v) is 9.22. The van der Waals surface area contributed by atoms with Gasteiger partial charge in [-0.15, -0.1) is 11.3 Å². The van der Waals surface area contributed by atoms with Crippen LogP contribution in [0.2, 0.25) is 5.02 Å². The van der Waals surface area contributed by atoms with Crippen LogP contribution in [-0.2, 0) is 0 Å². The molecular formula is C26H29ClN4O2S. The van der Waals surface area contributed by atoms with Crippen LogP contribution in [0.5, 0.6) is 0 Å². The zero-order valence-electron chi connectivity index (χ0n) is 19.4. The Balaban J connectivity index is 1.20. The number of carbonyl (C=O) groups is 1. The normalized spacial score (nSPS) is 30.0. The van der Waals surface area contributed by atoms with E-state index in [-0.39, 0.29) is 24.1 Å². The molecule has 5 atom stereocenters. The van der Waals surface area contributed by atoms with Crippen LogP contribution in [0.3, 0.4) is 0 Å². The minimum Gasteiger partial charge on any atom is -0.394 e. The van der Waals surface area contributed by atoms with Gasteiger partial charge in [0.1, 0.15) is 10.7 Å². The van der Waals surface area contributed by atoms with Crippen molar-refractivity contribution in [2.45, 2.75) is 68.5 Å². The maximum Gasteiger partial charge on any atom is 0.253 e. The van der Waals surface area contributed by atoms with Crippen molar-refractivity contribution < 1.29 is 9.90 Å². The Morgan fingerprint density at radius 3 is 2.94 bits per heavy atom. The maximum atomic E-state index is 13.3. The Bertz CT molecular complexity index is 1280. The fraction of sp³-hybridized carbons (Fsp3) is 0.500. The van der Waals surface area contributed by atoms with Gasteiger partial charge < -0.3 is 15.3 Å². The number of amides is 1. The van der Waals surface area contributed by atoms with Crippen molar-refractivity contribution in [1.29, 1.82) is 0 Å². The number of aromatic nitrogens is 2. The first-order valence-corrected chi connectivity index (χ1v) is 13.3. The van der Waals surface area contributed by atoms with E-state index >= 15 is 0 Å². The predicted molar refractivity (Wildman–Crippen MR) is 135 cm³/mol. The summed E-state index contributed by atoms with van der Waals surface area (Å²) in [5.74, 6) is 1.45. The van der Waals surface area contributed by atoms with Crippen LogP contribution in [-0.4, -0.2) is 57.2 Å². The van der Waals surface area contributed by atoms with E-state index in [1.807, 2.05) is 37.1 Å². The molecule has 1 aromatic carbocycles. The molecule has 1 saturated carbocycles. The van der Waals surface area contributed by atoms with Gasteiger partial charge >= 0.3 is 0 Å². The van der Waals surface area contributed by atoms with Crippen molar-refractivity contribution in [3.63, 3.8) is 0 Å². The smallest absolute Gasteiger partial charge is 0.253 e. The second kappa shape index (κ2) is 8.26. The summed E-state index contributed by atoms with van der Waals surface area (Å²) in [4.78, 5) is 25.5. The number of carbonyl (C=O) groups excluding carboxylic acids is 1. The number of aryl methyl sites for hydroxylation is 1. The van der Waals surface area contributed by atoms with Crippen LogP contribution in [0.15, 0.2) is 29.6 Å². The quantitative estimate of drug-likeness (QED) is 0.538. The van der Waals surface area contributed by atoms with Gasteiger partial charge in [-0.1, -0.05) is 17.7 Å². The first kappa shape index (κ1) is 22.4. The van der Waals surface area contributed by atoms with Crippen molar-refractivity contribution in [2.24, 2.45) is 0 Å². The van der Waals surface area contributed by atoms with E-state index in [0.29, 0.717) is 28.5 Å². The standard InChI is InChI=1S/C26H29ClN4O2S/c1-14-28-23(19-6-8-34-24(19)29-14)21-11-20(21)18-4-3-15(9-22(18)27)25(33)31(2)17-10-16-5-7-26(12-17,13-32)30-16/h3-4,6,8-9,16-17,20-21,30,32H,5,7,10-13H2,1-2H3/t16-,17+,20-,21+,26+/m1/s1. The van der Waals surface area contributed by atoms with E-state index in [1.54, 1.807) is 11.3 Å². The van der Waals surface area contributed by atoms with Crippen LogP contribution in [0, 0.1) is 6.92 Å². The Morgan fingerprint density at radius 1 is 1.29 bits per heavy atom. The summed E-state index contributed by atoms with van der Waals surface area (Å²) in [6.45, 7) is 2.06. The Hall–Kier alpha value is -2.06. The summed E-state index contributed by atoms with van der Waals surface area (Å²) in [6.07, 6.45) is 4.75. The van der Waals surface area contributed by atoms with Gasteiger partial charge in [0, 0.05) is 46.6 Å². The van der Waals surface area contributed by atoms with Crippen molar-refractivity contribution in [3.8, 4) is 0 Å². The van der Waals surface area contributed by atoms with Crippen LogP contribution in [0.4, 0.5) is 0 Å². The van der Waals surface area contributed by atoms with E-state index in [9.17, 15) is 9.90 Å². The number of aliphatic hydroxyl groups is 1. The van der Waals surface area contributed by atoms with E-state index < -0.39 is 0 Å². The highest BCUT2D eigenvalue weighted by Gasteiger charge is 2.47. The van der Waals surface area contributed by atoms with Gasteiger partial charge in [-0.2, -0.15) is 0 Å². The number of rotatable bonds is 5. The molecule has 1 aliphatic carbocycles. The first-order chi connectivity index (χ1) is 16.4. The van der Waals surface area contributed by atoms with Crippen molar-refractivity contribution in [3.05, 3.63) is 57.3 Å². The number of fused-ring (bicyclic) bond motifs is 3. The lowest BCUT2D eigenvalue weighted by Gasteiger charge is -2.41. The van der Waals surface area contributed by atoms with Gasteiger partial charge in [0.25, 0.3) is 5.91 Å². The number of hydrogen-bond acceptors (Lipinski definition) is 6. The molecule has 6 rings (SSSR count). The molecule has 3 aliphatic rings. The molecule has 2 aliphatic heterocycles. The largest absolute Gasteiger partial charge is 0.394 e. The highest BCUT2D eigenvalue weighted by molar-refractivity contribution is 7.16. The molecule has 3 fully saturated rings. The summed E-state index contributed by atoms with van der Waals surface area (Å²) < 4.78 is 0. The molecule has 34 heavy (non-hydrogen) atoms. The van der Waals surface area contributed by atoms with Crippen LogP contribution >= 0.6 is 22.9 Å². The molecule has 8 heteroatoms. The summed E-state index contributed by atoms with van der Waals surface area (Å²) >= 11 is 8.39. The molecule has 1 amide bonds. The summed E-state index contributed by atoms with van der Waals surface area (Å²) in [5, 5.41) is 17.3. The molecule has 2 aromatic heterocycles. The van der Waals surface area contributed by atoms with Crippen molar-refractivity contribution in [2.75, 3.05) is 13.7 Å². The SMILES string of the molecule is Cc1nc([C@H]2C[C@@H]2c2ccc(C(=O)N(C)[C@H]3C[C@H]4CC[C@@](CO)(C3)N4)cc2Cl)c2ccsc2n1. The fourth-order valence-electron chi connectivity index (χ4n) is 6.16. The third kappa shape index (κ3) is 3.73. The molecule has 2 bridgehead atoms. The fourth-order valence-corrected chi connectivity index (χ4v) is 7.29. The number of nitrogens with one attached hydrogen (secondary N) is 1. The molecule has 0 unspecified atom stereocenters. The van der Waals surface area contributed by atoms with Gasteiger partial charge in [-0.25, -0.2) is 9.97 Å². The third-order valence-electron chi connectivity index (χ3n) is 8.09. The molecule has 0 radical (unpaired) electrons. The van der Waals surface area contributed by atoms with Crippen LogP contribution < -0.4 is 5.32 Å². The van der Waals surface area contributed by atoms with Gasteiger partial charge in [0.2, 0.25) is 0 Å². The van der Waals surface area contributed by atoms with Crippen LogP contribution in [0.25, 0.3) is 10.2 Å². The number of aliphatic hydroxyl groups excluding tert-OH is 1. The molecule has 0 spiro atoms. The number of nitrogens with zero attached hydrogens (tertiary/aromatic N) is 3. The molecule has 178 valence electrons. The van der Waals surface area contributed by atoms with Gasteiger partial charge in [-0.05, 0) is 74.1 Å². The highest BCUT2D eigenvalue weighted by Crippen LogP contribution is 2.57. The van der Waals surface area contributed by atoms with E-state index in [4.69, 9.17) is 16.6 Å². The van der Waals surface area contributed by atoms with Crippen LogP contribution in [0.1, 0.15) is 71.4 Å². The minimum atomic E-state index is -0.238. The number of thiophene rings is 1. The van der Waals surface area contributed by atoms with Gasteiger partial charge in [0.15, 0.2) is 0 Å². The lowest BCUT2D eigenvalue weighted by molar-refractivity contribution is 0.0566. The average Bonchev–Trinajstić information content (AvgIpc) is 3.37. The lowest BCUT2D eigenvalue weighted by atomic mass is 9.87. The van der Waals surface area contributed by atoms with Crippen molar-refractivity contribution in [1.82, 2.24) is 20.2 Å². The van der Waals surface area contributed by atoms with Crippen molar-refractivity contribution >= 4 is 39.1 Å². The monoisotopic (exact) mass is 496 g/mol. The molecule has 4 heterocycles. The number of benzene rings is 1. The average molecular weight is 497 g/mol. The minimum absolute atomic E-state index is 0.00778. The molecular weight excluding hydrogens is 468 g/mol. The maximum absolute atomic E-state index is 13.3. The zero-order valence-corrected chi connectivity index (χ0v) is 21.0. The first-order valence-electron chi connectivity index (χ1n) is 12.0. The molecule has 2 N–H and O–H groups in total. The summed E-state index contributed by atoms with van der Waals surface area (Å²) in [5.41, 5.74) is 2.58. The summed E-state index contributed by atoms with van der Waals surface area (Å²) in [7, 11) is 1.88. The van der Waals surface area contributed by atoms with Gasteiger partial charge in [-0.3, -0.25) is 4.79 Å². The second-order valence-electron chi connectivity index (χ2n) is 10.3. The molecule has 2 saturated heterocycles. The number of halogens is 1. The Kier molecular flexibility index (Phi) is 5.44. The topological polar surface area (TPSA) is 78.4 Å². The lowest BCUT2D eigenvalue weighted by Crippen LogP contribution is -2.57. The predicted octanol–water partition coefficient (Wildman–Crippen LogP) is 4.64. The molecule has 6 nitrogen and oxygen atoms in total. The molecule has 3 aromatic rings. The second-order valence-corrected chi connectivity index (χ2v) is 11.6. The Labute approximate surface area is 208 Å². The van der Waals surface area contributed by atoms with E-state index in [0.717, 1.165) is 59.4 Å². The zero-order chi connectivity index (χ0) is 23.6. The number of piperidine rings is 1. The van der Waals surface area contributed by atoms with E-state index in [1.165, 1.54) is 0 Å².